The number of hydrogen-bond acceptors (Lipinski definition) is 6. The van der Waals surface area contributed by atoms with Gasteiger partial charge in [-0.25, -0.2) is 4.79 Å². The summed E-state index contributed by atoms with van der Waals surface area (Å²) in [5.41, 5.74) is 5.84. The first-order valence-electron chi connectivity index (χ1n) is 5.78. The van der Waals surface area contributed by atoms with E-state index in [2.05, 4.69) is 15.3 Å². The molecule has 2 heterocycles. The highest BCUT2D eigenvalue weighted by Gasteiger charge is 2.23. The maximum atomic E-state index is 11.3. The topological polar surface area (TPSA) is 107 Å². The number of nitrogens with zero attached hydrogens (tertiary/aromatic N) is 4. The smallest absolute Gasteiger partial charge is 0.342 e. The number of carboxylic acids is 1. The lowest BCUT2D eigenvalue weighted by Gasteiger charge is -2.01. The summed E-state index contributed by atoms with van der Waals surface area (Å²) in [4.78, 5) is 11.3. The average Bonchev–Trinajstić information content (AvgIpc) is 2.74. The van der Waals surface area contributed by atoms with Crippen LogP contribution < -0.4 is 5.73 Å². The molecule has 0 bridgehead atoms. The Morgan fingerprint density at radius 3 is 2.80 bits per heavy atom. The second-order valence-electron chi connectivity index (χ2n) is 3.85. The molecule has 0 saturated heterocycles. The maximum Gasteiger partial charge on any atom is 0.342 e. The Balaban J connectivity index is 2.48. The number of halogens is 1. The molecule has 0 radical (unpaired) electrons. The van der Waals surface area contributed by atoms with Gasteiger partial charge in [-0.3, -0.25) is 0 Å². The molecule has 0 saturated carbocycles. The monoisotopic (exact) mass is 313 g/mol. The van der Waals surface area contributed by atoms with Gasteiger partial charge in [0, 0.05) is 0 Å². The Bertz CT molecular complexity index is 628. The first-order valence-corrected chi connectivity index (χ1v) is 7.15. The first-order chi connectivity index (χ1) is 9.54. The zero-order chi connectivity index (χ0) is 14.7. The number of anilines is 1. The minimum Gasteiger partial charge on any atom is -0.477 e. The van der Waals surface area contributed by atoms with Crippen LogP contribution in [0.3, 0.4) is 0 Å². The summed E-state index contributed by atoms with van der Waals surface area (Å²) in [6.45, 7) is 2.00. The van der Waals surface area contributed by atoms with E-state index in [4.69, 9.17) is 17.3 Å². The van der Waals surface area contributed by atoms with Crippen molar-refractivity contribution >= 4 is 35.1 Å². The van der Waals surface area contributed by atoms with Crippen LogP contribution in [0.1, 0.15) is 23.7 Å². The van der Waals surface area contributed by atoms with Crippen molar-refractivity contribution < 1.29 is 9.90 Å². The fraction of sp³-hybridized carbons (Fsp3) is 0.273. The molecule has 0 fully saturated rings. The lowest BCUT2D eigenvalue weighted by atomic mass is 10.3. The van der Waals surface area contributed by atoms with Gasteiger partial charge < -0.3 is 10.8 Å². The van der Waals surface area contributed by atoms with Gasteiger partial charge in [-0.15, -0.1) is 22.0 Å². The molecular weight excluding hydrogens is 302 g/mol. The number of carboxylic acid groups (broad SMARTS) is 1. The van der Waals surface area contributed by atoms with Crippen LogP contribution in [0.5, 0.6) is 0 Å². The van der Waals surface area contributed by atoms with Crippen molar-refractivity contribution in [3.63, 3.8) is 0 Å². The molecule has 0 aliphatic carbocycles. The number of aromatic carboxylic acids is 1. The van der Waals surface area contributed by atoms with Crippen molar-refractivity contribution in [3.05, 3.63) is 22.8 Å². The van der Waals surface area contributed by atoms with Crippen molar-refractivity contribution in [1.29, 1.82) is 0 Å². The molecule has 2 aromatic heterocycles. The second kappa shape index (κ2) is 6.10. The zero-order valence-corrected chi connectivity index (χ0v) is 12.1. The van der Waals surface area contributed by atoms with E-state index in [-0.39, 0.29) is 16.5 Å². The van der Waals surface area contributed by atoms with Crippen molar-refractivity contribution in [3.8, 4) is 5.82 Å². The van der Waals surface area contributed by atoms with E-state index in [0.29, 0.717) is 10.8 Å². The fourth-order valence-electron chi connectivity index (χ4n) is 1.51. The average molecular weight is 314 g/mol. The van der Waals surface area contributed by atoms with E-state index in [9.17, 15) is 9.90 Å². The van der Waals surface area contributed by atoms with Gasteiger partial charge >= 0.3 is 5.97 Å². The minimum atomic E-state index is -1.12. The molecule has 0 spiro atoms. The van der Waals surface area contributed by atoms with Gasteiger partial charge in [0.05, 0.1) is 0 Å². The molecule has 0 aliphatic rings. The molecule has 0 aliphatic heterocycles. The van der Waals surface area contributed by atoms with Crippen LogP contribution in [-0.2, 0) is 0 Å². The van der Waals surface area contributed by atoms with Gasteiger partial charge in [0.2, 0.25) is 0 Å². The highest BCUT2D eigenvalue weighted by Crippen LogP contribution is 2.28. The van der Waals surface area contributed by atoms with E-state index in [1.54, 1.807) is 6.07 Å². The quantitative estimate of drug-likeness (QED) is 0.814. The molecule has 106 valence electrons. The van der Waals surface area contributed by atoms with Crippen molar-refractivity contribution in [2.24, 2.45) is 0 Å². The molecule has 0 aromatic carbocycles. The number of thioether (sulfide) groups is 1. The molecule has 20 heavy (non-hydrogen) atoms. The molecular formula is C11H12ClN5O2S. The van der Waals surface area contributed by atoms with Gasteiger partial charge in [-0.05, 0) is 24.3 Å². The number of nitrogens with two attached hydrogens (primary N) is 1. The van der Waals surface area contributed by atoms with Crippen molar-refractivity contribution in [2.45, 2.75) is 18.4 Å². The summed E-state index contributed by atoms with van der Waals surface area (Å²) in [5, 5.41) is 21.6. The van der Waals surface area contributed by atoms with Crippen LogP contribution >= 0.6 is 23.4 Å². The second-order valence-corrected chi connectivity index (χ2v) is 5.32. The van der Waals surface area contributed by atoms with Gasteiger partial charge in [0.1, 0.15) is 16.4 Å². The zero-order valence-electron chi connectivity index (χ0n) is 10.6. The number of rotatable bonds is 5. The van der Waals surface area contributed by atoms with Gasteiger partial charge in [0.15, 0.2) is 11.0 Å². The molecule has 3 N–H and O–H groups in total. The number of nitrogen functional groups attached to an aromatic ring is 1. The Morgan fingerprint density at radius 1 is 1.50 bits per heavy atom. The van der Waals surface area contributed by atoms with Gasteiger partial charge in [0.25, 0.3) is 0 Å². The number of hydrogen-bond donors (Lipinski definition) is 2. The standard InChI is InChI=1S/C11H12ClN5O2S/c1-2-5-20-10-8(11(18)19)9(13)17(16-10)7-4-3-6(12)14-15-7/h3-4H,2,5,13H2,1H3,(H,18,19). The Morgan fingerprint density at radius 2 is 2.25 bits per heavy atom. The summed E-state index contributed by atoms with van der Waals surface area (Å²) in [6.07, 6.45) is 0.900. The highest BCUT2D eigenvalue weighted by atomic mass is 35.5. The van der Waals surface area contributed by atoms with Crippen LogP contribution in [0.4, 0.5) is 5.82 Å². The van der Waals surface area contributed by atoms with E-state index in [1.165, 1.54) is 22.5 Å². The molecule has 0 amide bonds. The van der Waals surface area contributed by atoms with Crippen molar-refractivity contribution in [2.75, 3.05) is 11.5 Å². The van der Waals surface area contributed by atoms with E-state index in [1.807, 2.05) is 6.92 Å². The SMILES string of the molecule is CCCSc1nn(-c2ccc(Cl)nn2)c(N)c1C(=O)O. The van der Waals surface area contributed by atoms with Crippen molar-refractivity contribution in [1.82, 2.24) is 20.0 Å². The normalized spacial score (nSPS) is 10.7. The summed E-state index contributed by atoms with van der Waals surface area (Å²) in [5.74, 6) is -0.0250. The molecule has 7 nitrogen and oxygen atoms in total. The fourth-order valence-corrected chi connectivity index (χ4v) is 2.48. The van der Waals surface area contributed by atoms with Crippen LogP contribution in [-0.4, -0.2) is 36.8 Å². The number of aromatic nitrogens is 4. The molecule has 0 unspecified atom stereocenters. The summed E-state index contributed by atoms with van der Waals surface area (Å²) < 4.78 is 1.25. The summed E-state index contributed by atoms with van der Waals surface area (Å²) in [7, 11) is 0. The molecule has 2 aromatic rings. The third kappa shape index (κ3) is 2.86. The maximum absolute atomic E-state index is 11.3. The van der Waals surface area contributed by atoms with E-state index in [0.717, 1.165) is 12.2 Å². The Kier molecular flexibility index (Phi) is 4.46. The van der Waals surface area contributed by atoms with Crippen LogP contribution in [0.25, 0.3) is 5.82 Å². The lowest BCUT2D eigenvalue weighted by molar-refractivity contribution is 0.0694. The van der Waals surface area contributed by atoms with Crippen LogP contribution in [0.2, 0.25) is 5.15 Å². The van der Waals surface area contributed by atoms with E-state index < -0.39 is 5.97 Å². The first kappa shape index (κ1) is 14.6. The lowest BCUT2D eigenvalue weighted by Crippen LogP contribution is -2.07. The molecule has 2 rings (SSSR count). The van der Waals surface area contributed by atoms with E-state index >= 15 is 0 Å². The van der Waals surface area contributed by atoms with Gasteiger partial charge in [-0.2, -0.15) is 9.78 Å². The predicted octanol–water partition coefficient (Wildman–Crippen LogP) is 2.10. The predicted molar refractivity (Wildman–Crippen MR) is 76.6 cm³/mol. The highest BCUT2D eigenvalue weighted by molar-refractivity contribution is 7.99. The number of carbonyl (C=O) groups is 1. The third-order valence-corrected chi connectivity index (χ3v) is 3.75. The molecule has 0 atom stereocenters. The summed E-state index contributed by atoms with van der Waals surface area (Å²) >= 11 is 7.00. The summed E-state index contributed by atoms with van der Waals surface area (Å²) in [6, 6.07) is 3.10. The molecule has 9 heteroatoms. The third-order valence-electron chi connectivity index (χ3n) is 2.38. The van der Waals surface area contributed by atoms with Crippen LogP contribution in [0.15, 0.2) is 17.2 Å². The van der Waals surface area contributed by atoms with Crippen LogP contribution in [0, 0.1) is 0 Å². The minimum absolute atomic E-state index is 0.0137. The largest absolute Gasteiger partial charge is 0.477 e. The van der Waals surface area contributed by atoms with Gasteiger partial charge in [-0.1, -0.05) is 18.5 Å². The Hall–Kier alpha value is -1.80. The Labute approximate surface area is 124 Å².